The molecule has 0 aliphatic carbocycles. The highest BCUT2D eigenvalue weighted by atomic mass is 16.5. The lowest BCUT2D eigenvalue weighted by atomic mass is 10.1. The number of pyridine rings is 1. The van der Waals surface area contributed by atoms with Gasteiger partial charge in [-0.3, -0.25) is 9.88 Å². The zero-order valence-electron chi connectivity index (χ0n) is 10.9. The molecule has 0 spiro atoms. The van der Waals surface area contributed by atoms with Crippen molar-refractivity contribution in [3.8, 4) is 0 Å². The van der Waals surface area contributed by atoms with Crippen molar-refractivity contribution >= 4 is 6.09 Å². The molecule has 1 unspecified atom stereocenters. The number of methoxy groups -OCH3 is 1. The van der Waals surface area contributed by atoms with Crippen LogP contribution in [0, 0.1) is 0 Å². The largest absolute Gasteiger partial charge is 0.453 e. The topological polar surface area (TPSA) is 45.7 Å². The number of hydrogen-bond donors (Lipinski definition) is 0. The van der Waals surface area contributed by atoms with E-state index < -0.39 is 0 Å². The van der Waals surface area contributed by atoms with Gasteiger partial charge in [-0.05, 0) is 24.6 Å². The maximum absolute atomic E-state index is 11.4. The number of rotatable bonds is 2. The van der Waals surface area contributed by atoms with Crippen LogP contribution in [0.3, 0.4) is 0 Å². The van der Waals surface area contributed by atoms with Gasteiger partial charge in [0.1, 0.15) is 0 Å². The molecule has 1 atom stereocenters. The molecule has 0 aromatic carbocycles. The monoisotopic (exact) mass is 249 g/mol. The van der Waals surface area contributed by atoms with Crippen molar-refractivity contribution in [2.24, 2.45) is 0 Å². The third kappa shape index (κ3) is 2.79. The molecule has 1 amide bonds. The Bertz CT molecular complexity index is 388. The SMILES string of the molecule is COC(=O)N1CCN(C(C)c2ccncc2)CC1. The van der Waals surface area contributed by atoms with Crippen molar-refractivity contribution in [2.45, 2.75) is 13.0 Å². The van der Waals surface area contributed by atoms with Crippen LogP contribution in [0.5, 0.6) is 0 Å². The van der Waals surface area contributed by atoms with E-state index >= 15 is 0 Å². The average Bonchev–Trinajstić information content (AvgIpc) is 2.47. The van der Waals surface area contributed by atoms with Crippen molar-refractivity contribution in [3.63, 3.8) is 0 Å². The predicted molar refractivity (Wildman–Crippen MR) is 68.2 cm³/mol. The van der Waals surface area contributed by atoms with Crippen molar-refractivity contribution in [2.75, 3.05) is 33.3 Å². The first-order chi connectivity index (χ1) is 8.72. The number of piperazine rings is 1. The molecule has 2 rings (SSSR count). The highest BCUT2D eigenvalue weighted by Crippen LogP contribution is 2.20. The third-order valence-corrected chi connectivity index (χ3v) is 3.48. The summed E-state index contributed by atoms with van der Waals surface area (Å²) >= 11 is 0. The molecule has 1 fully saturated rings. The van der Waals surface area contributed by atoms with Crippen LogP contribution in [0.25, 0.3) is 0 Å². The van der Waals surface area contributed by atoms with Crippen LogP contribution in [-0.2, 0) is 4.74 Å². The van der Waals surface area contributed by atoms with Crippen LogP contribution in [0.1, 0.15) is 18.5 Å². The van der Waals surface area contributed by atoms with E-state index in [1.54, 1.807) is 4.90 Å². The fourth-order valence-electron chi connectivity index (χ4n) is 2.27. The van der Waals surface area contributed by atoms with Crippen LogP contribution < -0.4 is 0 Å². The summed E-state index contributed by atoms with van der Waals surface area (Å²) in [6, 6.07) is 4.43. The summed E-state index contributed by atoms with van der Waals surface area (Å²) in [7, 11) is 1.42. The van der Waals surface area contributed by atoms with Gasteiger partial charge in [0.25, 0.3) is 0 Å². The van der Waals surface area contributed by atoms with Crippen molar-refractivity contribution in [3.05, 3.63) is 30.1 Å². The van der Waals surface area contributed by atoms with E-state index in [2.05, 4.69) is 16.8 Å². The second kappa shape index (κ2) is 5.82. The lowest BCUT2D eigenvalue weighted by Crippen LogP contribution is -2.49. The minimum atomic E-state index is -0.230. The summed E-state index contributed by atoms with van der Waals surface area (Å²) in [6.45, 7) is 5.38. The van der Waals surface area contributed by atoms with Gasteiger partial charge in [-0.2, -0.15) is 0 Å². The molecular formula is C13H19N3O2. The number of aromatic nitrogens is 1. The molecule has 98 valence electrons. The Hall–Kier alpha value is -1.62. The van der Waals surface area contributed by atoms with Crippen LogP contribution >= 0.6 is 0 Å². The molecule has 0 radical (unpaired) electrons. The standard InChI is InChI=1S/C13H19N3O2/c1-11(12-3-5-14-6-4-12)15-7-9-16(10-8-15)13(17)18-2/h3-6,11H,7-10H2,1-2H3. The van der Waals surface area contributed by atoms with Gasteiger partial charge in [0, 0.05) is 44.6 Å². The fraction of sp³-hybridized carbons (Fsp3) is 0.538. The van der Waals surface area contributed by atoms with E-state index in [1.165, 1.54) is 12.7 Å². The van der Waals surface area contributed by atoms with Gasteiger partial charge in [0.2, 0.25) is 0 Å². The molecule has 18 heavy (non-hydrogen) atoms. The van der Waals surface area contributed by atoms with Crippen molar-refractivity contribution < 1.29 is 9.53 Å². The Kier molecular flexibility index (Phi) is 4.15. The molecule has 1 aromatic heterocycles. The number of carbonyl (C=O) groups excluding carboxylic acids is 1. The molecule has 1 saturated heterocycles. The van der Waals surface area contributed by atoms with Gasteiger partial charge in [-0.25, -0.2) is 4.79 Å². The second-order valence-electron chi connectivity index (χ2n) is 4.45. The summed E-state index contributed by atoms with van der Waals surface area (Å²) in [6.07, 6.45) is 3.40. The number of hydrogen-bond acceptors (Lipinski definition) is 4. The van der Waals surface area contributed by atoms with E-state index in [0.717, 1.165) is 26.2 Å². The number of ether oxygens (including phenoxy) is 1. The van der Waals surface area contributed by atoms with Crippen molar-refractivity contribution in [1.29, 1.82) is 0 Å². The van der Waals surface area contributed by atoms with Crippen molar-refractivity contribution in [1.82, 2.24) is 14.8 Å². The Morgan fingerprint density at radius 1 is 1.28 bits per heavy atom. The van der Waals surface area contributed by atoms with E-state index in [4.69, 9.17) is 4.74 Å². The van der Waals surface area contributed by atoms with E-state index in [1.807, 2.05) is 24.5 Å². The summed E-state index contributed by atoms with van der Waals surface area (Å²) in [5.41, 5.74) is 1.26. The van der Waals surface area contributed by atoms with Crippen LogP contribution in [0.4, 0.5) is 4.79 Å². The van der Waals surface area contributed by atoms with Gasteiger partial charge in [0.15, 0.2) is 0 Å². The Morgan fingerprint density at radius 2 is 1.89 bits per heavy atom. The lowest BCUT2D eigenvalue weighted by Gasteiger charge is -2.37. The number of amides is 1. The molecule has 2 heterocycles. The lowest BCUT2D eigenvalue weighted by molar-refractivity contribution is 0.0778. The molecule has 5 heteroatoms. The molecule has 0 N–H and O–H groups in total. The van der Waals surface area contributed by atoms with Crippen LogP contribution in [0.2, 0.25) is 0 Å². The highest BCUT2D eigenvalue weighted by Gasteiger charge is 2.24. The van der Waals surface area contributed by atoms with Gasteiger partial charge < -0.3 is 9.64 Å². The summed E-state index contributed by atoms with van der Waals surface area (Å²) in [5, 5.41) is 0. The molecule has 0 bridgehead atoms. The molecule has 1 aromatic rings. The molecule has 1 aliphatic rings. The maximum atomic E-state index is 11.4. The zero-order valence-corrected chi connectivity index (χ0v) is 10.9. The molecular weight excluding hydrogens is 230 g/mol. The van der Waals surface area contributed by atoms with Gasteiger partial charge in [-0.1, -0.05) is 0 Å². The van der Waals surface area contributed by atoms with Crippen LogP contribution in [0.15, 0.2) is 24.5 Å². The van der Waals surface area contributed by atoms with Crippen LogP contribution in [-0.4, -0.2) is 54.2 Å². The molecule has 1 aliphatic heterocycles. The van der Waals surface area contributed by atoms with Gasteiger partial charge >= 0.3 is 6.09 Å². The Balaban J connectivity index is 1.92. The molecule has 0 saturated carbocycles. The van der Waals surface area contributed by atoms with E-state index in [0.29, 0.717) is 6.04 Å². The maximum Gasteiger partial charge on any atom is 0.409 e. The number of carbonyl (C=O) groups is 1. The first-order valence-electron chi connectivity index (χ1n) is 6.19. The zero-order chi connectivity index (χ0) is 13.0. The quantitative estimate of drug-likeness (QED) is 0.797. The highest BCUT2D eigenvalue weighted by molar-refractivity contribution is 5.67. The predicted octanol–water partition coefficient (Wildman–Crippen LogP) is 1.53. The summed E-state index contributed by atoms with van der Waals surface area (Å²) < 4.78 is 4.73. The Labute approximate surface area is 107 Å². The first-order valence-corrected chi connectivity index (χ1v) is 6.19. The average molecular weight is 249 g/mol. The normalized spacial score (nSPS) is 18.4. The number of nitrogens with zero attached hydrogens (tertiary/aromatic N) is 3. The van der Waals surface area contributed by atoms with E-state index in [-0.39, 0.29) is 6.09 Å². The Morgan fingerprint density at radius 3 is 2.44 bits per heavy atom. The summed E-state index contributed by atoms with van der Waals surface area (Å²) in [4.78, 5) is 19.5. The second-order valence-corrected chi connectivity index (χ2v) is 4.45. The minimum absolute atomic E-state index is 0.230. The van der Waals surface area contributed by atoms with E-state index in [9.17, 15) is 4.79 Å². The summed E-state index contributed by atoms with van der Waals surface area (Å²) in [5.74, 6) is 0. The third-order valence-electron chi connectivity index (χ3n) is 3.48. The van der Waals surface area contributed by atoms with Gasteiger partial charge in [0.05, 0.1) is 7.11 Å². The smallest absolute Gasteiger partial charge is 0.409 e. The van der Waals surface area contributed by atoms with Gasteiger partial charge in [-0.15, -0.1) is 0 Å². The fourth-order valence-corrected chi connectivity index (χ4v) is 2.27. The minimum Gasteiger partial charge on any atom is -0.453 e. The first kappa shape index (κ1) is 12.8. The molecule has 5 nitrogen and oxygen atoms in total.